The van der Waals surface area contributed by atoms with Crippen LogP contribution in [0.4, 0.5) is 4.39 Å². The Hall–Kier alpha value is -3.24. The van der Waals surface area contributed by atoms with Crippen molar-refractivity contribution >= 4 is 29.4 Å². The molecule has 1 unspecified atom stereocenters. The van der Waals surface area contributed by atoms with Gasteiger partial charge >= 0.3 is 5.97 Å². The number of hydrogen-bond acceptors (Lipinski definition) is 6. The summed E-state index contributed by atoms with van der Waals surface area (Å²) in [5.41, 5.74) is 5.07. The summed E-state index contributed by atoms with van der Waals surface area (Å²) in [6.07, 6.45) is 1.29. The van der Waals surface area contributed by atoms with Crippen molar-refractivity contribution < 1.29 is 28.6 Å². The molecule has 11 heteroatoms. The third-order valence-corrected chi connectivity index (χ3v) is 6.60. The number of hydrogen-bond donors (Lipinski definition) is 2. The number of aromatic nitrogens is 1. The van der Waals surface area contributed by atoms with Crippen LogP contribution < -0.4 is 10.5 Å². The molecule has 3 rings (SSSR count). The Balaban J connectivity index is 1.68. The first-order valence-electron chi connectivity index (χ1n) is 11.5. The summed E-state index contributed by atoms with van der Waals surface area (Å²) >= 11 is 6.06. The minimum atomic E-state index is -1.57. The minimum absolute atomic E-state index is 0.0755. The Kier molecular flexibility index (Phi) is 8.52. The molecule has 0 radical (unpaired) electrons. The normalized spacial score (nSPS) is 17.5. The lowest BCUT2D eigenvalue weighted by atomic mass is 9.74. The van der Waals surface area contributed by atoms with Crippen LogP contribution in [0, 0.1) is 11.2 Å². The zero-order valence-corrected chi connectivity index (χ0v) is 21.2. The first kappa shape index (κ1) is 27.3. The van der Waals surface area contributed by atoms with E-state index in [-0.39, 0.29) is 40.8 Å². The Labute approximate surface area is 214 Å². The van der Waals surface area contributed by atoms with Crippen molar-refractivity contribution in [1.82, 2.24) is 14.8 Å². The van der Waals surface area contributed by atoms with Gasteiger partial charge in [-0.2, -0.15) is 0 Å². The van der Waals surface area contributed by atoms with Crippen molar-refractivity contribution in [3.63, 3.8) is 0 Å². The lowest BCUT2D eigenvalue weighted by Crippen LogP contribution is -2.54. The molecule has 1 saturated heterocycles. The zero-order chi connectivity index (χ0) is 26.6. The van der Waals surface area contributed by atoms with E-state index in [0.717, 1.165) is 5.56 Å². The molecular formula is C25H30ClFN4O5. The van der Waals surface area contributed by atoms with Crippen LogP contribution in [0.3, 0.4) is 0 Å². The average molecular weight is 521 g/mol. The Morgan fingerprint density at radius 2 is 1.94 bits per heavy atom. The van der Waals surface area contributed by atoms with Crippen LogP contribution in [0.25, 0.3) is 0 Å². The van der Waals surface area contributed by atoms with E-state index in [1.165, 1.54) is 38.2 Å². The highest BCUT2D eigenvalue weighted by Crippen LogP contribution is 2.40. The minimum Gasteiger partial charge on any atom is -0.481 e. The smallest absolute Gasteiger partial charge is 0.310 e. The van der Waals surface area contributed by atoms with Gasteiger partial charge in [0.15, 0.2) is 6.61 Å². The molecule has 2 aromatic rings. The summed E-state index contributed by atoms with van der Waals surface area (Å²) in [5.74, 6) is -4.04. The van der Waals surface area contributed by atoms with Crippen LogP contribution in [-0.2, 0) is 20.9 Å². The van der Waals surface area contributed by atoms with Crippen LogP contribution in [0.5, 0.6) is 5.88 Å². The van der Waals surface area contributed by atoms with Gasteiger partial charge in [0.25, 0.3) is 5.91 Å². The fourth-order valence-electron chi connectivity index (χ4n) is 4.40. The number of halogens is 2. The van der Waals surface area contributed by atoms with Gasteiger partial charge in [-0.25, -0.2) is 9.37 Å². The summed E-state index contributed by atoms with van der Waals surface area (Å²) in [5, 5.41) is 9.81. The SMILES string of the molecule is C[C@@H]1CN(Cc2ccc(F)cc2)CCN1C(=O)COc1ncc(Cl)cc1C(C(N)=O)C(C)(C)C(=O)O. The van der Waals surface area contributed by atoms with Gasteiger partial charge in [0, 0.05) is 44.0 Å². The van der Waals surface area contributed by atoms with E-state index >= 15 is 0 Å². The van der Waals surface area contributed by atoms with Crippen molar-refractivity contribution in [2.45, 2.75) is 39.3 Å². The van der Waals surface area contributed by atoms with E-state index in [1.807, 2.05) is 6.92 Å². The van der Waals surface area contributed by atoms with Crippen LogP contribution in [0.2, 0.25) is 5.02 Å². The molecule has 2 heterocycles. The van der Waals surface area contributed by atoms with Gasteiger partial charge < -0.3 is 20.5 Å². The van der Waals surface area contributed by atoms with Gasteiger partial charge in [0.05, 0.1) is 16.4 Å². The van der Waals surface area contributed by atoms with Crippen LogP contribution >= 0.6 is 11.6 Å². The van der Waals surface area contributed by atoms with Gasteiger partial charge in [-0.1, -0.05) is 23.7 Å². The lowest BCUT2D eigenvalue weighted by molar-refractivity contribution is -0.150. The topological polar surface area (TPSA) is 126 Å². The predicted molar refractivity (Wildman–Crippen MR) is 131 cm³/mol. The fraction of sp³-hybridized carbons (Fsp3) is 0.440. The Morgan fingerprint density at radius 1 is 1.28 bits per heavy atom. The number of pyridine rings is 1. The lowest BCUT2D eigenvalue weighted by Gasteiger charge is -2.40. The molecule has 1 aromatic heterocycles. The number of piperazine rings is 1. The molecule has 0 aliphatic carbocycles. The van der Waals surface area contributed by atoms with Gasteiger partial charge in [-0.3, -0.25) is 19.3 Å². The van der Waals surface area contributed by atoms with Crippen molar-refractivity contribution in [1.29, 1.82) is 0 Å². The number of benzene rings is 1. The van der Waals surface area contributed by atoms with Gasteiger partial charge in [-0.15, -0.1) is 0 Å². The highest BCUT2D eigenvalue weighted by Gasteiger charge is 2.43. The number of ether oxygens (including phenoxy) is 1. The van der Waals surface area contributed by atoms with E-state index in [9.17, 15) is 23.9 Å². The number of carboxylic acid groups (broad SMARTS) is 1. The number of rotatable bonds is 9. The standard InChI is InChI=1S/C25H30ClFN4O5/c1-15-12-30(13-16-4-6-18(27)7-5-16)8-9-31(15)20(32)14-36-23-19(10-17(26)11-29-23)21(22(28)33)25(2,3)24(34)35/h4-7,10-11,15,21H,8-9,12-14H2,1-3H3,(H2,28,33)(H,34,35)/t15-,21?/m1/s1. The number of amides is 2. The number of nitrogens with zero attached hydrogens (tertiary/aromatic N) is 3. The van der Waals surface area contributed by atoms with Gasteiger partial charge in [-0.05, 0) is 44.5 Å². The fourth-order valence-corrected chi connectivity index (χ4v) is 4.57. The van der Waals surface area contributed by atoms with Gasteiger partial charge in [0.2, 0.25) is 11.8 Å². The molecule has 1 aromatic carbocycles. The first-order chi connectivity index (χ1) is 16.9. The molecule has 9 nitrogen and oxygen atoms in total. The molecule has 194 valence electrons. The maximum atomic E-state index is 13.2. The van der Waals surface area contributed by atoms with Gasteiger partial charge in [0.1, 0.15) is 5.82 Å². The summed E-state index contributed by atoms with van der Waals surface area (Å²) in [4.78, 5) is 45.0. The summed E-state index contributed by atoms with van der Waals surface area (Å²) in [6, 6.07) is 7.62. The zero-order valence-electron chi connectivity index (χ0n) is 20.4. The van der Waals surface area contributed by atoms with Crippen LogP contribution in [0.1, 0.15) is 37.8 Å². The largest absolute Gasteiger partial charge is 0.481 e. The van der Waals surface area contributed by atoms with Crippen LogP contribution in [-0.4, -0.2) is 70.0 Å². The highest BCUT2D eigenvalue weighted by molar-refractivity contribution is 6.30. The number of carboxylic acids is 1. The summed E-state index contributed by atoms with van der Waals surface area (Å²) in [6.45, 7) is 6.69. The molecule has 2 amide bonds. The second-order valence-electron chi connectivity index (χ2n) is 9.50. The number of nitrogens with two attached hydrogens (primary N) is 1. The molecule has 0 saturated carbocycles. The maximum Gasteiger partial charge on any atom is 0.310 e. The molecule has 3 N–H and O–H groups in total. The number of carbonyl (C=O) groups excluding carboxylic acids is 2. The Morgan fingerprint density at radius 3 is 2.53 bits per heavy atom. The molecule has 36 heavy (non-hydrogen) atoms. The van der Waals surface area contributed by atoms with E-state index < -0.39 is 23.2 Å². The molecule has 0 bridgehead atoms. The second kappa shape index (κ2) is 11.2. The molecular weight excluding hydrogens is 491 g/mol. The molecule has 1 aliphatic heterocycles. The van der Waals surface area contributed by atoms with Crippen LogP contribution in [0.15, 0.2) is 36.5 Å². The van der Waals surface area contributed by atoms with E-state index in [1.54, 1.807) is 17.0 Å². The number of aliphatic carboxylic acids is 1. The quantitative estimate of drug-likeness (QED) is 0.520. The number of primary amides is 1. The third-order valence-electron chi connectivity index (χ3n) is 6.40. The molecule has 0 spiro atoms. The number of carbonyl (C=O) groups is 3. The maximum absolute atomic E-state index is 13.2. The van der Waals surface area contributed by atoms with Crippen molar-refractivity contribution in [2.75, 3.05) is 26.2 Å². The summed E-state index contributed by atoms with van der Waals surface area (Å²) < 4.78 is 18.8. The van der Waals surface area contributed by atoms with Crippen molar-refractivity contribution in [3.8, 4) is 5.88 Å². The van der Waals surface area contributed by atoms with Crippen molar-refractivity contribution in [3.05, 3.63) is 58.5 Å². The molecule has 2 atom stereocenters. The van der Waals surface area contributed by atoms with E-state index in [4.69, 9.17) is 22.1 Å². The Bertz CT molecular complexity index is 1130. The summed E-state index contributed by atoms with van der Waals surface area (Å²) in [7, 11) is 0. The first-order valence-corrected chi connectivity index (χ1v) is 11.8. The molecule has 1 aliphatic rings. The highest BCUT2D eigenvalue weighted by atomic mass is 35.5. The second-order valence-corrected chi connectivity index (χ2v) is 9.93. The monoisotopic (exact) mass is 520 g/mol. The average Bonchev–Trinajstić information content (AvgIpc) is 2.79. The third kappa shape index (κ3) is 6.30. The predicted octanol–water partition coefficient (Wildman–Crippen LogP) is 2.67. The van der Waals surface area contributed by atoms with Crippen molar-refractivity contribution in [2.24, 2.45) is 11.1 Å². The molecule has 1 fully saturated rings. The van der Waals surface area contributed by atoms with E-state index in [2.05, 4.69) is 9.88 Å². The van der Waals surface area contributed by atoms with E-state index in [0.29, 0.717) is 26.2 Å².